The third-order valence-corrected chi connectivity index (χ3v) is 2.08. The van der Waals surface area contributed by atoms with Gasteiger partial charge in [-0.2, -0.15) is 5.10 Å². The fourth-order valence-corrected chi connectivity index (χ4v) is 1.40. The molecule has 6 nitrogen and oxygen atoms in total. The molecular weight excluding hydrogens is 210 g/mol. The Morgan fingerprint density at radius 1 is 1.50 bits per heavy atom. The van der Waals surface area contributed by atoms with Crippen molar-refractivity contribution in [3.05, 3.63) is 30.1 Å². The van der Waals surface area contributed by atoms with Gasteiger partial charge in [-0.25, -0.2) is 9.31 Å². The maximum absolute atomic E-state index is 10.9. The van der Waals surface area contributed by atoms with Gasteiger partial charge in [0.15, 0.2) is 0 Å². The molecule has 6 heteroatoms. The molecule has 2 aromatic rings. The van der Waals surface area contributed by atoms with Crippen LogP contribution in [-0.2, 0) is 4.79 Å². The minimum Gasteiger partial charge on any atom is -0.478 e. The summed E-state index contributed by atoms with van der Waals surface area (Å²) < 4.78 is 1.50. The molecule has 82 valence electrons. The number of amides is 1. The highest BCUT2D eigenvalue weighted by molar-refractivity contribution is 5.95. The van der Waals surface area contributed by atoms with Crippen LogP contribution in [0.1, 0.15) is 17.3 Å². The van der Waals surface area contributed by atoms with Crippen LogP contribution in [0.2, 0.25) is 0 Å². The molecule has 1 amide bonds. The second kappa shape index (κ2) is 3.65. The Morgan fingerprint density at radius 2 is 2.25 bits per heavy atom. The smallest absolute Gasteiger partial charge is 0.335 e. The highest BCUT2D eigenvalue weighted by Gasteiger charge is 2.09. The number of fused-ring (bicyclic) bond motifs is 1. The minimum absolute atomic E-state index is 0.152. The number of aromatic carboxylic acids is 1. The first-order valence-electron chi connectivity index (χ1n) is 4.56. The average molecular weight is 219 g/mol. The molecule has 0 radical (unpaired) electrons. The van der Waals surface area contributed by atoms with Crippen LogP contribution in [0, 0.1) is 0 Å². The third-order valence-electron chi connectivity index (χ3n) is 2.08. The Morgan fingerprint density at radius 3 is 2.88 bits per heavy atom. The summed E-state index contributed by atoms with van der Waals surface area (Å²) in [6.45, 7) is 1.38. The standard InChI is InChI=1S/C10H9N3O3/c1-6(14)12-8-5-11-13-3-2-7(10(15)16)4-9(8)13/h2-5H,1H3,(H,12,14)(H,15,16). The molecule has 0 spiro atoms. The van der Waals surface area contributed by atoms with E-state index in [1.54, 1.807) is 0 Å². The van der Waals surface area contributed by atoms with Crippen molar-refractivity contribution in [2.45, 2.75) is 6.92 Å². The zero-order chi connectivity index (χ0) is 11.7. The largest absolute Gasteiger partial charge is 0.478 e. The van der Waals surface area contributed by atoms with Crippen molar-refractivity contribution in [3.63, 3.8) is 0 Å². The first-order valence-corrected chi connectivity index (χ1v) is 4.56. The lowest BCUT2D eigenvalue weighted by molar-refractivity contribution is -0.114. The number of rotatable bonds is 2. The molecule has 2 rings (SSSR count). The number of hydrogen-bond donors (Lipinski definition) is 2. The number of carbonyl (C=O) groups excluding carboxylic acids is 1. The minimum atomic E-state index is -1.02. The zero-order valence-corrected chi connectivity index (χ0v) is 8.47. The van der Waals surface area contributed by atoms with Crippen molar-refractivity contribution >= 4 is 23.1 Å². The molecule has 0 aliphatic carbocycles. The van der Waals surface area contributed by atoms with E-state index in [4.69, 9.17) is 5.11 Å². The predicted octanol–water partition coefficient (Wildman–Crippen LogP) is 0.991. The lowest BCUT2D eigenvalue weighted by Gasteiger charge is -2.00. The van der Waals surface area contributed by atoms with Gasteiger partial charge in [0, 0.05) is 13.1 Å². The quantitative estimate of drug-likeness (QED) is 0.788. The second-order valence-electron chi connectivity index (χ2n) is 3.29. The third kappa shape index (κ3) is 1.72. The molecule has 0 saturated heterocycles. The Balaban J connectivity index is 2.55. The topological polar surface area (TPSA) is 83.7 Å². The molecular formula is C10H9N3O3. The van der Waals surface area contributed by atoms with Gasteiger partial charge in [-0.05, 0) is 12.1 Å². The summed E-state index contributed by atoms with van der Waals surface area (Å²) in [5.74, 6) is -1.24. The van der Waals surface area contributed by atoms with Crippen LogP contribution in [0.25, 0.3) is 5.52 Å². The van der Waals surface area contributed by atoms with Gasteiger partial charge < -0.3 is 10.4 Å². The Hall–Kier alpha value is -2.37. The summed E-state index contributed by atoms with van der Waals surface area (Å²) in [7, 11) is 0. The number of carbonyl (C=O) groups is 2. The van der Waals surface area contributed by atoms with Crippen molar-refractivity contribution in [1.29, 1.82) is 0 Å². The van der Waals surface area contributed by atoms with E-state index in [2.05, 4.69) is 10.4 Å². The lowest BCUT2D eigenvalue weighted by Crippen LogP contribution is -2.05. The zero-order valence-electron chi connectivity index (χ0n) is 8.47. The second-order valence-corrected chi connectivity index (χ2v) is 3.29. The molecule has 0 atom stereocenters. The van der Waals surface area contributed by atoms with Gasteiger partial charge in [0.1, 0.15) is 0 Å². The van der Waals surface area contributed by atoms with Crippen molar-refractivity contribution in [3.8, 4) is 0 Å². The summed E-state index contributed by atoms with van der Waals surface area (Å²) >= 11 is 0. The van der Waals surface area contributed by atoms with Crippen LogP contribution in [-0.4, -0.2) is 26.6 Å². The Bertz CT molecular complexity index is 574. The predicted molar refractivity (Wildman–Crippen MR) is 56.5 cm³/mol. The van der Waals surface area contributed by atoms with E-state index in [1.165, 1.54) is 36.0 Å². The fourth-order valence-electron chi connectivity index (χ4n) is 1.40. The van der Waals surface area contributed by atoms with Gasteiger partial charge in [-0.15, -0.1) is 0 Å². The molecule has 2 N–H and O–H groups in total. The Kier molecular flexibility index (Phi) is 2.32. The van der Waals surface area contributed by atoms with Crippen molar-refractivity contribution in [2.75, 3.05) is 5.32 Å². The molecule has 16 heavy (non-hydrogen) atoms. The van der Waals surface area contributed by atoms with E-state index in [0.717, 1.165) is 0 Å². The first-order chi connectivity index (χ1) is 7.58. The number of pyridine rings is 1. The molecule has 2 heterocycles. The molecule has 0 fully saturated rings. The summed E-state index contributed by atoms with van der Waals surface area (Å²) in [5.41, 5.74) is 1.20. The van der Waals surface area contributed by atoms with Crippen LogP contribution >= 0.6 is 0 Å². The summed E-state index contributed by atoms with van der Waals surface area (Å²) in [6, 6.07) is 2.90. The molecule has 2 aromatic heterocycles. The van der Waals surface area contributed by atoms with Crippen LogP contribution in [0.3, 0.4) is 0 Å². The molecule has 0 aliphatic rings. The monoisotopic (exact) mass is 219 g/mol. The van der Waals surface area contributed by atoms with Crippen LogP contribution in [0.15, 0.2) is 24.5 Å². The molecule has 0 aromatic carbocycles. The highest BCUT2D eigenvalue weighted by atomic mass is 16.4. The maximum atomic E-state index is 10.9. The fraction of sp³-hybridized carbons (Fsp3) is 0.100. The molecule has 0 aliphatic heterocycles. The molecule has 0 bridgehead atoms. The first kappa shape index (κ1) is 10.2. The highest BCUT2D eigenvalue weighted by Crippen LogP contribution is 2.17. The van der Waals surface area contributed by atoms with Gasteiger partial charge in [-0.1, -0.05) is 0 Å². The molecule has 0 unspecified atom stereocenters. The number of carboxylic acid groups (broad SMARTS) is 1. The lowest BCUT2D eigenvalue weighted by atomic mass is 10.2. The SMILES string of the molecule is CC(=O)Nc1cnn2ccc(C(=O)O)cc12. The maximum Gasteiger partial charge on any atom is 0.335 e. The van der Waals surface area contributed by atoms with Crippen molar-refractivity contribution < 1.29 is 14.7 Å². The summed E-state index contributed by atoms with van der Waals surface area (Å²) in [6.07, 6.45) is 3.01. The van der Waals surface area contributed by atoms with Gasteiger partial charge in [0.05, 0.1) is 23.0 Å². The summed E-state index contributed by atoms with van der Waals surface area (Å²) in [5, 5.41) is 15.4. The van der Waals surface area contributed by atoms with Crippen molar-refractivity contribution in [1.82, 2.24) is 9.61 Å². The number of hydrogen-bond acceptors (Lipinski definition) is 3. The van der Waals surface area contributed by atoms with E-state index >= 15 is 0 Å². The number of nitrogens with one attached hydrogen (secondary N) is 1. The van der Waals surface area contributed by atoms with E-state index in [9.17, 15) is 9.59 Å². The summed E-state index contributed by atoms with van der Waals surface area (Å²) in [4.78, 5) is 21.7. The van der Waals surface area contributed by atoms with Gasteiger partial charge in [0.2, 0.25) is 5.91 Å². The number of anilines is 1. The molecule has 0 saturated carbocycles. The van der Waals surface area contributed by atoms with E-state index in [0.29, 0.717) is 11.2 Å². The van der Waals surface area contributed by atoms with Crippen LogP contribution in [0.5, 0.6) is 0 Å². The van der Waals surface area contributed by atoms with Gasteiger partial charge >= 0.3 is 5.97 Å². The van der Waals surface area contributed by atoms with Gasteiger partial charge in [0.25, 0.3) is 0 Å². The van der Waals surface area contributed by atoms with Crippen LogP contribution < -0.4 is 5.32 Å². The number of aromatic nitrogens is 2. The Labute approximate surface area is 90.5 Å². The average Bonchev–Trinajstić information content (AvgIpc) is 2.60. The van der Waals surface area contributed by atoms with Crippen LogP contribution in [0.4, 0.5) is 5.69 Å². The number of nitrogens with zero attached hydrogens (tertiary/aromatic N) is 2. The van der Waals surface area contributed by atoms with E-state index in [-0.39, 0.29) is 11.5 Å². The van der Waals surface area contributed by atoms with E-state index in [1.807, 2.05) is 0 Å². The normalized spacial score (nSPS) is 10.3. The number of carboxylic acids is 1. The van der Waals surface area contributed by atoms with Gasteiger partial charge in [-0.3, -0.25) is 4.79 Å². The van der Waals surface area contributed by atoms with E-state index < -0.39 is 5.97 Å². The van der Waals surface area contributed by atoms with Crippen molar-refractivity contribution in [2.24, 2.45) is 0 Å².